The van der Waals surface area contributed by atoms with Crippen LogP contribution in [0.25, 0.3) is 10.9 Å². The van der Waals surface area contributed by atoms with E-state index in [1.807, 2.05) is 73.9 Å². The van der Waals surface area contributed by atoms with Crippen molar-refractivity contribution in [3.05, 3.63) is 65.4 Å². The lowest BCUT2D eigenvalue weighted by molar-refractivity contribution is -0.127. The number of anilines is 1. The van der Waals surface area contributed by atoms with Gasteiger partial charge < -0.3 is 9.88 Å². The maximum absolute atomic E-state index is 13.9. The van der Waals surface area contributed by atoms with Gasteiger partial charge in [0.1, 0.15) is 11.2 Å². The highest BCUT2D eigenvalue weighted by Crippen LogP contribution is 2.38. The maximum atomic E-state index is 13.9. The molecule has 160 valence electrons. The molecule has 31 heavy (non-hydrogen) atoms. The third-order valence-corrected chi connectivity index (χ3v) is 7.19. The van der Waals surface area contributed by atoms with Gasteiger partial charge in [-0.05, 0) is 62.9 Å². The molecule has 5 nitrogen and oxygen atoms in total. The van der Waals surface area contributed by atoms with E-state index in [4.69, 9.17) is 0 Å². The molecule has 2 aliphatic rings. The van der Waals surface area contributed by atoms with E-state index in [1.54, 1.807) is 4.90 Å². The number of carbonyl (C=O) groups is 2. The molecule has 1 N–H and O–H groups in total. The summed E-state index contributed by atoms with van der Waals surface area (Å²) >= 11 is 0. The van der Waals surface area contributed by atoms with Crippen molar-refractivity contribution in [2.24, 2.45) is 0 Å². The lowest BCUT2D eigenvalue weighted by Gasteiger charge is -2.45. The third kappa shape index (κ3) is 3.06. The number of rotatable bonds is 3. The van der Waals surface area contributed by atoms with Crippen LogP contribution in [0.1, 0.15) is 54.2 Å². The Labute approximate surface area is 183 Å². The SMILES string of the molecule is Cc1cccc(N2C(=O)c3cc4ccccc4n3CC2(C)C(=O)NC2CCCC2)c1C. The summed E-state index contributed by atoms with van der Waals surface area (Å²) < 4.78 is 2.02. The van der Waals surface area contributed by atoms with Gasteiger partial charge in [-0.25, -0.2) is 0 Å². The number of nitrogens with zero attached hydrogens (tertiary/aromatic N) is 2. The molecule has 1 saturated carbocycles. The molecule has 3 aromatic rings. The van der Waals surface area contributed by atoms with E-state index < -0.39 is 5.54 Å². The van der Waals surface area contributed by atoms with E-state index in [1.165, 1.54) is 0 Å². The molecule has 1 aliphatic heterocycles. The highest BCUT2D eigenvalue weighted by molar-refractivity contribution is 6.14. The summed E-state index contributed by atoms with van der Waals surface area (Å²) in [7, 11) is 0. The summed E-state index contributed by atoms with van der Waals surface area (Å²) in [5.41, 5.74) is 3.55. The van der Waals surface area contributed by atoms with Crippen LogP contribution in [-0.2, 0) is 11.3 Å². The van der Waals surface area contributed by atoms with Gasteiger partial charge in [0.25, 0.3) is 5.91 Å². The molecule has 1 atom stereocenters. The average Bonchev–Trinajstić information content (AvgIpc) is 3.39. The van der Waals surface area contributed by atoms with Gasteiger partial charge in [-0.1, -0.05) is 43.2 Å². The van der Waals surface area contributed by atoms with Crippen molar-refractivity contribution in [2.75, 3.05) is 4.90 Å². The zero-order valence-electron chi connectivity index (χ0n) is 18.4. The number of nitrogens with one attached hydrogen (secondary N) is 1. The Bertz CT molecular complexity index is 1190. The summed E-state index contributed by atoms with van der Waals surface area (Å²) in [4.78, 5) is 29.4. The van der Waals surface area contributed by atoms with Crippen LogP contribution in [0, 0.1) is 13.8 Å². The Kier molecular flexibility index (Phi) is 4.65. The van der Waals surface area contributed by atoms with E-state index >= 15 is 0 Å². The fourth-order valence-corrected chi connectivity index (χ4v) is 5.21. The van der Waals surface area contributed by atoms with Crippen LogP contribution < -0.4 is 10.2 Å². The lowest BCUT2D eigenvalue weighted by Crippen LogP contribution is -2.65. The van der Waals surface area contributed by atoms with Crippen LogP contribution >= 0.6 is 0 Å². The number of hydrogen-bond acceptors (Lipinski definition) is 2. The lowest BCUT2D eigenvalue weighted by atomic mass is 9.92. The molecule has 2 aromatic carbocycles. The molecule has 5 rings (SSSR count). The topological polar surface area (TPSA) is 54.3 Å². The second-order valence-electron chi connectivity index (χ2n) is 9.26. The summed E-state index contributed by atoms with van der Waals surface area (Å²) in [6.07, 6.45) is 4.31. The van der Waals surface area contributed by atoms with Gasteiger partial charge in [0.05, 0.1) is 6.54 Å². The number of amides is 2. The number of para-hydroxylation sites is 1. The minimum atomic E-state index is -1.02. The zero-order valence-corrected chi connectivity index (χ0v) is 18.4. The second-order valence-corrected chi connectivity index (χ2v) is 9.26. The van der Waals surface area contributed by atoms with Gasteiger partial charge in [0, 0.05) is 22.6 Å². The Hall–Kier alpha value is -3.08. The monoisotopic (exact) mass is 415 g/mol. The first kappa shape index (κ1) is 19.9. The van der Waals surface area contributed by atoms with E-state index in [9.17, 15) is 9.59 Å². The maximum Gasteiger partial charge on any atom is 0.275 e. The van der Waals surface area contributed by atoms with Crippen LogP contribution in [0.15, 0.2) is 48.5 Å². The van der Waals surface area contributed by atoms with Crippen LogP contribution in [0.4, 0.5) is 5.69 Å². The Balaban J connectivity index is 1.67. The zero-order chi connectivity index (χ0) is 21.8. The van der Waals surface area contributed by atoms with E-state index in [2.05, 4.69) is 5.32 Å². The van der Waals surface area contributed by atoms with Crippen molar-refractivity contribution in [1.29, 1.82) is 0 Å². The predicted octanol–water partition coefficient (Wildman–Crippen LogP) is 4.74. The molecule has 2 amide bonds. The largest absolute Gasteiger partial charge is 0.351 e. The van der Waals surface area contributed by atoms with Crippen molar-refractivity contribution in [3.63, 3.8) is 0 Å². The van der Waals surface area contributed by atoms with Gasteiger partial charge in [0.2, 0.25) is 5.91 Å². The molecular formula is C26H29N3O2. The molecular weight excluding hydrogens is 386 g/mol. The van der Waals surface area contributed by atoms with Crippen LogP contribution in [0.5, 0.6) is 0 Å². The van der Waals surface area contributed by atoms with Gasteiger partial charge >= 0.3 is 0 Å². The summed E-state index contributed by atoms with van der Waals surface area (Å²) in [5.74, 6) is -0.197. The molecule has 1 aliphatic carbocycles. The van der Waals surface area contributed by atoms with E-state index in [-0.39, 0.29) is 17.9 Å². The first-order chi connectivity index (χ1) is 14.9. The van der Waals surface area contributed by atoms with Crippen molar-refractivity contribution >= 4 is 28.4 Å². The fraction of sp³-hybridized carbons (Fsp3) is 0.385. The smallest absolute Gasteiger partial charge is 0.275 e. The first-order valence-corrected chi connectivity index (χ1v) is 11.2. The Morgan fingerprint density at radius 3 is 2.58 bits per heavy atom. The fourth-order valence-electron chi connectivity index (χ4n) is 5.21. The Morgan fingerprint density at radius 1 is 1.06 bits per heavy atom. The van der Waals surface area contributed by atoms with Crippen molar-refractivity contribution in [3.8, 4) is 0 Å². The molecule has 1 fully saturated rings. The second kappa shape index (κ2) is 7.26. The van der Waals surface area contributed by atoms with Gasteiger partial charge in [-0.2, -0.15) is 0 Å². The van der Waals surface area contributed by atoms with Crippen LogP contribution in [0.2, 0.25) is 0 Å². The number of carbonyl (C=O) groups excluding carboxylic acids is 2. The van der Waals surface area contributed by atoms with Crippen molar-refractivity contribution in [2.45, 2.75) is 64.6 Å². The van der Waals surface area contributed by atoms with Crippen LogP contribution in [0.3, 0.4) is 0 Å². The number of fused-ring (bicyclic) bond motifs is 3. The molecule has 2 heterocycles. The highest BCUT2D eigenvalue weighted by Gasteiger charge is 2.49. The minimum absolute atomic E-state index is 0.0721. The number of benzene rings is 2. The molecule has 0 saturated heterocycles. The average molecular weight is 416 g/mol. The number of hydrogen-bond donors (Lipinski definition) is 1. The normalized spacial score (nSPS) is 21.5. The van der Waals surface area contributed by atoms with Gasteiger partial charge in [-0.3, -0.25) is 14.5 Å². The standard InChI is InChI=1S/C26H29N3O2/c1-17-9-8-14-21(18(17)2)29-24(30)23-15-19-10-4-7-13-22(19)28(23)16-26(29,3)25(31)27-20-11-5-6-12-20/h4,7-10,13-15,20H,5-6,11-12,16H2,1-3H3,(H,27,31). The molecule has 5 heteroatoms. The minimum Gasteiger partial charge on any atom is -0.351 e. The van der Waals surface area contributed by atoms with Crippen molar-refractivity contribution in [1.82, 2.24) is 9.88 Å². The van der Waals surface area contributed by atoms with Crippen LogP contribution in [-0.4, -0.2) is 28.0 Å². The van der Waals surface area contributed by atoms with Gasteiger partial charge in [-0.15, -0.1) is 0 Å². The molecule has 0 radical (unpaired) electrons. The number of aromatic nitrogens is 1. The van der Waals surface area contributed by atoms with Crippen molar-refractivity contribution < 1.29 is 9.59 Å². The van der Waals surface area contributed by atoms with E-state index in [0.717, 1.165) is 53.4 Å². The first-order valence-electron chi connectivity index (χ1n) is 11.2. The summed E-state index contributed by atoms with van der Waals surface area (Å²) in [6.45, 7) is 6.40. The Morgan fingerprint density at radius 2 is 1.81 bits per heavy atom. The summed E-state index contributed by atoms with van der Waals surface area (Å²) in [6, 6.07) is 16.1. The van der Waals surface area contributed by atoms with Gasteiger partial charge in [0.15, 0.2) is 0 Å². The third-order valence-electron chi connectivity index (χ3n) is 7.19. The quantitative estimate of drug-likeness (QED) is 0.672. The van der Waals surface area contributed by atoms with E-state index in [0.29, 0.717) is 12.2 Å². The molecule has 0 spiro atoms. The molecule has 0 bridgehead atoms. The number of aryl methyl sites for hydroxylation is 1. The molecule has 1 aromatic heterocycles. The highest BCUT2D eigenvalue weighted by atomic mass is 16.2. The summed E-state index contributed by atoms with van der Waals surface area (Å²) in [5, 5.41) is 4.29. The molecule has 1 unspecified atom stereocenters. The predicted molar refractivity (Wildman–Crippen MR) is 123 cm³/mol.